The fourth-order valence-corrected chi connectivity index (χ4v) is 3.56. The third-order valence-electron chi connectivity index (χ3n) is 4.04. The van der Waals surface area contributed by atoms with Crippen LogP contribution in [0.2, 0.25) is 10.0 Å². The molecule has 1 aliphatic rings. The van der Waals surface area contributed by atoms with E-state index in [0.717, 1.165) is 24.5 Å². The molecule has 0 amide bonds. The minimum Gasteiger partial charge on any atom is -0.312 e. The fraction of sp³-hybridized carbons (Fsp3) is 0.600. The van der Waals surface area contributed by atoms with E-state index in [-0.39, 0.29) is 5.41 Å². The largest absolute Gasteiger partial charge is 0.312 e. The number of rotatable bonds is 5. The van der Waals surface area contributed by atoms with Gasteiger partial charge >= 0.3 is 0 Å². The lowest BCUT2D eigenvalue weighted by Crippen LogP contribution is -2.37. The highest BCUT2D eigenvalue weighted by Gasteiger charge is 2.30. The first kappa shape index (κ1) is 15.4. The van der Waals surface area contributed by atoms with Gasteiger partial charge in [0.25, 0.3) is 0 Å². The summed E-state index contributed by atoms with van der Waals surface area (Å²) in [6, 6.07) is 5.76. The zero-order valence-corrected chi connectivity index (χ0v) is 13.3. The Labute approximate surface area is 130 Å². The van der Waals surface area contributed by atoms with E-state index >= 15 is 0 Å². The third-order valence-corrected chi connectivity index (χ3v) is 5.47. The molecule has 1 aromatic carbocycles. The number of alkyl halides is 1. The normalized spacial score (nSPS) is 18.5. The van der Waals surface area contributed by atoms with Crippen LogP contribution in [0, 0.1) is 5.41 Å². The van der Waals surface area contributed by atoms with E-state index in [1.807, 2.05) is 18.2 Å². The summed E-state index contributed by atoms with van der Waals surface area (Å²) >= 11 is 18.4. The SMILES string of the molecule is ClCC1(CNCc2cccc(Cl)c2Cl)CCCCC1. The van der Waals surface area contributed by atoms with Crippen LogP contribution >= 0.6 is 34.8 Å². The van der Waals surface area contributed by atoms with Gasteiger partial charge in [0.15, 0.2) is 0 Å². The average molecular weight is 321 g/mol. The Morgan fingerprint density at radius 1 is 1.11 bits per heavy atom. The van der Waals surface area contributed by atoms with E-state index in [4.69, 9.17) is 34.8 Å². The minimum absolute atomic E-state index is 0.269. The van der Waals surface area contributed by atoms with Gasteiger partial charge in [-0.3, -0.25) is 0 Å². The summed E-state index contributed by atoms with van der Waals surface area (Å²) in [5.74, 6) is 0.739. The van der Waals surface area contributed by atoms with E-state index < -0.39 is 0 Å². The Hall–Kier alpha value is 0.0500. The molecule has 0 saturated heterocycles. The highest BCUT2D eigenvalue weighted by molar-refractivity contribution is 6.42. The van der Waals surface area contributed by atoms with Crippen molar-refractivity contribution in [3.63, 3.8) is 0 Å². The van der Waals surface area contributed by atoms with Crippen LogP contribution in [0.1, 0.15) is 37.7 Å². The minimum atomic E-state index is 0.269. The highest BCUT2D eigenvalue weighted by Crippen LogP contribution is 2.37. The van der Waals surface area contributed by atoms with Crippen LogP contribution in [0.25, 0.3) is 0 Å². The van der Waals surface area contributed by atoms with Gasteiger partial charge in [0, 0.05) is 19.0 Å². The number of nitrogens with one attached hydrogen (secondary N) is 1. The molecule has 1 N–H and O–H groups in total. The molecule has 106 valence electrons. The van der Waals surface area contributed by atoms with E-state index in [0.29, 0.717) is 10.0 Å². The Bertz CT molecular complexity index is 414. The van der Waals surface area contributed by atoms with Crippen LogP contribution in [0.3, 0.4) is 0 Å². The summed E-state index contributed by atoms with van der Waals surface area (Å²) < 4.78 is 0. The van der Waals surface area contributed by atoms with E-state index in [1.165, 1.54) is 32.1 Å². The molecular formula is C15H20Cl3N. The lowest BCUT2D eigenvalue weighted by Gasteiger charge is -2.35. The van der Waals surface area contributed by atoms with Gasteiger partial charge in [-0.1, -0.05) is 54.6 Å². The number of hydrogen-bond donors (Lipinski definition) is 1. The Morgan fingerprint density at radius 3 is 2.53 bits per heavy atom. The third kappa shape index (κ3) is 4.01. The molecule has 2 rings (SSSR count). The summed E-state index contributed by atoms with van der Waals surface area (Å²) in [5, 5.41) is 4.77. The number of benzene rings is 1. The van der Waals surface area contributed by atoms with Crippen molar-refractivity contribution in [3.8, 4) is 0 Å². The molecule has 0 aliphatic heterocycles. The van der Waals surface area contributed by atoms with Crippen LogP contribution in [-0.4, -0.2) is 12.4 Å². The standard InChI is InChI=1S/C15H20Cl3N/c16-10-15(7-2-1-3-8-15)11-19-9-12-5-4-6-13(17)14(12)18/h4-6,19H,1-3,7-11H2. The van der Waals surface area contributed by atoms with Crippen molar-refractivity contribution in [2.24, 2.45) is 5.41 Å². The smallest absolute Gasteiger partial charge is 0.0637 e. The van der Waals surface area contributed by atoms with Gasteiger partial charge in [-0.2, -0.15) is 0 Å². The second-order valence-corrected chi connectivity index (χ2v) is 6.56. The lowest BCUT2D eigenvalue weighted by molar-refractivity contribution is 0.212. The predicted molar refractivity (Wildman–Crippen MR) is 84.4 cm³/mol. The topological polar surface area (TPSA) is 12.0 Å². The second-order valence-electron chi connectivity index (χ2n) is 5.51. The molecule has 1 aromatic rings. The van der Waals surface area contributed by atoms with Gasteiger partial charge in [0.05, 0.1) is 10.0 Å². The highest BCUT2D eigenvalue weighted by atomic mass is 35.5. The van der Waals surface area contributed by atoms with Gasteiger partial charge < -0.3 is 5.32 Å². The van der Waals surface area contributed by atoms with E-state index in [1.54, 1.807) is 0 Å². The Kier molecular flexibility index (Phi) is 5.83. The molecule has 4 heteroatoms. The van der Waals surface area contributed by atoms with Crippen molar-refractivity contribution >= 4 is 34.8 Å². The van der Waals surface area contributed by atoms with Crippen molar-refractivity contribution in [2.75, 3.05) is 12.4 Å². The molecule has 0 bridgehead atoms. The average Bonchev–Trinajstić information content (AvgIpc) is 2.44. The molecule has 0 heterocycles. The van der Waals surface area contributed by atoms with Crippen LogP contribution in [-0.2, 0) is 6.54 Å². The quantitative estimate of drug-likeness (QED) is 0.728. The molecule has 1 saturated carbocycles. The van der Waals surface area contributed by atoms with Crippen molar-refractivity contribution in [3.05, 3.63) is 33.8 Å². The lowest BCUT2D eigenvalue weighted by atomic mass is 9.75. The Balaban J connectivity index is 1.90. The molecule has 1 aliphatic carbocycles. The van der Waals surface area contributed by atoms with Crippen molar-refractivity contribution < 1.29 is 0 Å². The van der Waals surface area contributed by atoms with Crippen molar-refractivity contribution in [2.45, 2.75) is 38.6 Å². The second kappa shape index (κ2) is 7.17. The molecule has 1 nitrogen and oxygen atoms in total. The van der Waals surface area contributed by atoms with Crippen LogP contribution < -0.4 is 5.32 Å². The van der Waals surface area contributed by atoms with Gasteiger partial charge in [0.1, 0.15) is 0 Å². The molecule has 0 unspecified atom stereocenters. The van der Waals surface area contributed by atoms with Crippen molar-refractivity contribution in [1.82, 2.24) is 5.32 Å². The van der Waals surface area contributed by atoms with Crippen molar-refractivity contribution in [1.29, 1.82) is 0 Å². The van der Waals surface area contributed by atoms with E-state index in [2.05, 4.69) is 5.32 Å². The monoisotopic (exact) mass is 319 g/mol. The molecule has 0 aromatic heterocycles. The van der Waals surface area contributed by atoms with Gasteiger partial charge in [0.2, 0.25) is 0 Å². The summed E-state index contributed by atoms with van der Waals surface area (Å²) in [7, 11) is 0. The maximum atomic E-state index is 6.19. The molecule has 1 fully saturated rings. The molecule has 19 heavy (non-hydrogen) atoms. The van der Waals surface area contributed by atoms with Crippen LogP contribution in [0.5, 0.6) is 0 Å². The Morgan fingerprint density at radius 2 is 1.84 bits per heavy atom. The first-order chi connectivity index (χ1) is 9.17. The molecule has 0 atom stereocenters. The molecule has 0 spiro atoms. The maximum absolute atomic E-state index is 6.19. The zero-order valence-electron chi connectivity index (χ0n) is 11.0. The van der Waals surface area contributed by atoms with Gasteiger partial charge in [-0.25, -0.2) is 0 Å². The summed E-state index contributed by atoms with van der Waals surface area (Å²) in [4.78, 5) is 0. The van der Waals surface area contributed by atoms with E-state index in [9.17, 15) is 0 Å². The summed E-state index contributed by atoms with van der Waals surface area (Å²) in [6.07, 6.45) is 6.40. The molecule has 0 radical (unpaired) electrons. The summed E-state index contributed by atoms with van der Waals surface area (Å²) in [5.41, 5.74) is 1.32. The molecular weight excluding hydrogens is 301 g/mol. The zero-order chi connectivity index (χ0) is 13.7. The predicted octanol–water partition coefficient (Wildman–Crippen LogP) is 5.27. The maximum Gasteiger partial charge on any atom is 0.0637 e. The van der Waals surface area contributed by atoms with Crippen LogP contribution in [0.15, 0.2) is 18.2 Å². The summed E-state index contributed by atoms with van der Waals surface area (Å²) in [6.45, 7) is 1.71. The first-order valence-electron chi connectivity index (χ1n) is 6.86. The fourth-order valence-electron chi connectivity index (χ4n) is 2.81. The van der Waals surface area contributed by atoms with Gasteiger partial charge in [-0.05, 0) is 29.9 Å². The van der Waals surface area contributed by atoms with Gasteiger partial charge in [-0.15, -0.1) is 11.6 Å². The number of halogens is 3. The first-order valence-corrected chi connectivity index (χ1v) is 8.15. The number of hydrogen-bond acceptors (Lipinski definition) is 1. The van der Waals surface area contributed by atoms with Crippen LogP contribution in [0.4, 0.5) is 0 Å².